The smallest absolute Gasteiger partial charge is 0.260 e. The Bertz CT molecular complexity index is 2310. The second-order valence-corrected chi connectivity index (χ2v) is 14.8. The molecule has 7 aromatic rings. The highest BCUT2D eigenvalue weighted by atomic mass is 31.1. The van der Waals surface area contributed by atoms with Gasteiger partial charge in [0.25, 0.3) is 5.91 Å². The maximum absolute atomic E-state index is 15.2. The molecule has 8 rings (SSSR count). The van der Waals surface area contributed by atoms with Crippen LogP contribution in [-0.2, 0) is 0 Å². The van der Waals surface area contributed by atoms with Crippen molar-refractivity contribution in [2.75, 3.05) is 14.2 Å². The van der Waals surface area contributed by atoms with Crippen LogP contribution in [0.25, 0.3) is 10.8 Å². The quantitative estimate of drug-likeness (QED) is 0.142. The maximum Gasteiger partial charge on any atom is 0.260 e. The van der Waals surface area contributed by atoms with Crippen LogP contribution in [0.4, 0.5) is 0 Å². The highest BCUT2D eigenvalue weighted by molar-refractivity contribution is 7.80. The van der Waals surface area contributed by atoms with Crippen LogP contribution in [-0.4, -0.2) is 30.9 Å². The first-order valence-corrected chi connectivity index (χ1v) is 18.6. The molecule has 0 aliphatic carbocycles. The van der Waals surface area contributed by atoms with Gasteiger partial charge in [-0.15, -0.1) is 0 Å². The number of fused-ring (bicyclic) bond motifs is 1. The van der Waals surface area contributed by atoms with Crippen LogP contribution in [0.3, 0.4) is 0 Å². The third kappa shape index (κ3) is 6.36. The summed E-state index contributed by atoms with van der Waals surface area (Å²) in [5.41, 5.74) is 3.61. The van der Waals surface area contributed by atoms with Crippen LogP contribution >= 0.6 is 7.92 Å². The Morgan fingerprint density at radius 1 is 0.577 bits per heavy atom. The lowest BCUT2D eigenvalue weighted by atomic mass is 9.93. The fourth-order valence-corrected chi connectivity index (χ4v) is 9.46. The molecule has 0 N–H and O–H groups in total. The van der Waals surface area contributed by atoms with Gasteiger partial charge in [-0.05, 0) is 82.1 Å². The molecule has 0 unspecified atom stereocenters. The average Bonchev–Trinajstić information content (AvgIpc) is 3.62. The predicted molar refractivity (Wildman–Crippen MR) is 213 cm³/mol. The Labute approximate surface area is 305 Å². The summed E-state index contributed by atoms with van der Waals surface area (Å²) in [6.07, 6.45) is 0. The van der Waals surface area contributed by atoms with Crippen LogP contribution in [0.5, 0.6) is 11.5 Å². The molecule has 0 fully saturated rings. The summed E-state index contributed by atoms with van der Waals surface area (Å²) in [5, 5.41) is 5.51. The van der Waals surface area contributed by atoms with Crippen molar-refractivity contribution in [3.05, 3.63) is 198 Å². The lowest BCUT2D eigenvalue weighted by molar-refractivity contribution is 0.0805. The number of carbonyl (C=O) groups is 1. The van der Waals surface area contributed by atoms with E-state index in [4.69, 9.17) is 14.5 Å². The molecular weight excluding hydrogens is 659 g/mol. The lowest BCUT2D eigenvalue weighted by Crippen LogP contribution is -2.40. The van der Waals surface area contributed by atoms with Crippen LogP contribution < -0.4 is 25.4 Å². The van der Waals surface area contributed by atoms with E-state index in [0.717, 1.165) is 54.9 Å². The van der Waals surface area contributed by atoms with Crippen molar-refractivity contribution in [1.82, 2.24) is 4.90 Å². The number of benzene rings is 7. The zero-order valence-electron chi connectivity index (χ0n) is 29.0. The number of hydrogen-bond donors (Lipinski definition) is 0. The van der Waals surface area contributed by atoms with Crippen molar-refractivity contribution in [3.8, 4) is 11.5 Å². The second-order valence-electron chi connectivity index (χ2n) is 12.6. The molecule has 2 atom stereocenters. The fourth-order valence-electron chi connectivity index (χ4n) is 7.06. The third-order valence-corrected chi connectivity index (χ3v) is 12.1. The standard InChI is InChI=1S/C46H37N2O3P/c1-50-37-23-27-39(28-24-37)52(40-29-25-38(51-2)26-30-40)42-20-12-11-19-41(42)45-47-43(33-14-5-3-6-15-33)44(34-16-7-4-8-17-34)48(45)46(49)36-22-21-32-13-9-10-18-35(32)31-36/h3-31,43-44H,1-2H3/t43-,44-/m1/s1. The number of hydrogen-bond acceptors (Lipinski definition) is 4. The van der Waals surface area contributed by atoms with Gasteiger partial charge in [-0.1, -0.05) is 140 Å². The minimum absolute atomic E-state index is 0.0928. The number of rotatable bonds is 9. The van der Waals surface area contributed by atoms with E-state index >= 15 is 4.79 Å². The lowest BCUT2D eigenvalue weighted by Gasteiger charge is -2.31. The van der Waals surface area contributed by atoms with Gasteiger partial charge in [-0.25, -0.2) is 0 Å². The minimum atomic E-state index is -1.10. The first kappa shape index (κ1) is 33.1. The molecule has 0 radical (unpaired) electrons. The molecule has 1 aliphatic rings. The zero-order valence-corrected chi connectivity index (χ0v) is 29.9. The molecule has 0 aromatic heterocycles. The molecule has 5 nitrogen and oxygen atoms in total. The second kappa shape index (κ2) is 14.7. The maximum atomic E-state index is 15.2. The van der Waals surface area contributed by atoms with E-state index < -0.39 is 7.92 Å². The van der Waals surface area contributed by atoms with E-state index in [1.54, 1.807) is 14.2 Å². The molecule has 254 valence electrons. The van der Waals surface area contributed by atoms with Crippen molar-refractivity contribution in [2.24, 2.45) is 4.99 Å². The van der Waals surface area contributed by atoms with Crippen LogP contribution in [0.2, 0.25) is 0 Å². The van der Waals surface area contributed by atoms with Gasteiger partial charge in [-0.2, -0.15) is 0 Å². The molecule has 1 heterocycles. The Balaban J connectivity index is 1.35. The van der Waals surface area contributed by atoms with E-state index in [2.05, 4.69) is 78.9 Å². The number of nitrogens with zero attached hydrogens (tertiary/aromatic N) is 2. The molecule has 6 heteroatoms. The van der Waals surface area contributed by atoms with Crippen LogP contribution in [0.15, 0.2) is 181 Å². The molecule has 0 saturated heterocycles. The topological polar surface area (TPSA) is 51.1 Å². The van der Waals surface area contributed by atoms with Crippen molar-refractivity contribution in [3.63, 3.8) is 0 Å². The highest BCUT2D eigenvalue weighted by Gasteiger charge is 2.43. The van der Waals surface area contributed by atoms with Crippen molar-refractivity contribution >= 4 is 46.4 Å². The summed E-state index contributed by atoms with van der Waals surface area (Å²) in [7, 11) is 2.26. The average molecular weight is 697 g/mol. The van der Waals surface area contributed by atoms with Gasteiger partial charge < -0.3 is 9.47 Å². The van der Waals surface area contributed by atoms with Gasteiger partial charge in [0.2, 0.25) is 0 Å². The molecule has 0 bridgehead atoms. The first-order valence-electron chi connectivity index (χ1n) is 17.3. The van der Waals surface area contributed by atoms with Crippen LogP contribution in [0.1, 0.15) is 39.1 Å². The largest absolute Gasteiger partial charge is 0.497 e. The summed E-state index contributed by atoms with van der Waals surface area (Å²) in [4.78, 5) is 22.7. The van der Waals surface area contributed by atoms with Gasteiger partial charge in [0.1, 0.15) is 23.4 Å². The Morgan fingerprint density at radius 3 is 1.73 bits per heavy atom. The van der Waals surface area contributed by atoms with E-state index in [1.807, 2.05) is 102 Å². The number of aliphatic imine (C=N–C) groups is 1. The number of amidine groups is 1. The minimum Gasteiger partial charge on any atom is -0.497 e. The Kier molecular flexibility index (Phi) is 9.35. The number of amides is 1. The number of methoxy groups -OCH3 is 2. The molecular formula is C46H37N2O3P. The van der Waals surface area contributed by atoms with Gasteiger partial charge in [0.15, 0.2) is 0 Å². The summed E-state index contributed by atoms with van der Waals surface area (Å²) in [5.74, 6) is 2.16. The Morgan fingerprint density at radius 2 is 1.12 bits per heavy atom. The Hall–Kier alpha value is -6.03. The predicted octanol–water partition coefficient (Wildman–Crippen LogP) is 9.00. The molecule has 1 aliphatic heterocycles. The van der Waals surface area contributed by atoms with Gasteiger partial charge in [-0.3, -0.25) is 14.7 Å². The third-order valence-electron chi connectivity index (χ3n) is 9.61. The van der Waals surface area contributed by atoms with E-state index in [0.29, 0.717) is 11.4 Å². The van der Waals surface area contributed by atoms with Gasteiger partial charge in [0.05, 0.1) is 20.3 Å². The zero-order chi connectivity index (χ0) is 35.4. The normalized spacial score (nSPS) is 15.4. The molecule has 0 spiro atoms. The van der Waals surface area contributed by atoms with Crippen molar-refractivity contribution < 1.29 is 14.3 Å². The number of carbonyl (C=O) groups excluding carboxylic acids is 1. The van der Waals surface area contributed by atoms with E-state index in [1.165, 1.54) is 0 Å². The fraction of sp³-hybridized carbons (Fsp3) is 0.0870. The van der Waals surface area contributed by atoms with Gasteiger partial charge >= 0.3 is 0 Å². The summed E-state index contributed by atoms with van der Waals surface area (Å²) < 4.78 is 11.1. The summed E-state index contributed by atoms with van der Waals surface area (Å²) in [6, 6.07) is 59.1. The van der Waals surface area contributed by atoms with Crippen LogP contribution in [0, 0.1) is 0 Å². The SMILES string of the molecule is COc1ccc(P(c2ccc(OC)cc2)c2ccccc2C2=N[C@H](c3ccccc3)[C@@H](c3ccccc3)N2C(=O)c2ccc3ccccc3c2)cc1. The molecule has 0 saturated carbocycles. The highest BCUT2D eigenvalue weighted by Crippen LogP contribution is 2.45. The van der Waals surface area contributed by atoms with E-state index in [9.17, 15) is 0 Å². The molecule has 1 amide bonds. The van der Waals surface area contributed by atoms with Crippen molar-refractivity contribution in [2.45, 2.75) is 12.1 Å². The molecule has 7 aromatic carbocycles. The van der Waals surface area contributed by atoms with Crippen molar-refractivity contribution in [1.29, 1.82) is 0 Å². The monoisotopic (exact) mass is 696 g/mol. The summed E-state index contributed by atoms with van der Waals surface area (Å²) in [6.45, 7) is 0. The first-order chi connectivity index (χ1) is 25.6. The van der Waals surface area contributed by atoms with Gasteiger partial charge in [0, 0.05) is 11.1 Å². The number of ether oxygens (including phenoxy) is 2. The van der Waals surface area contributed by atoms with E-state index in [-0.39, 0.29) is 18.0 Å². The summed E-state index contributed by atoms with van der Waals surface area (Å²) >= 11 is 0. The molecule has 52 heavy (non-hydrogen) atoms.